The molecule has 0 aromatic heterocycles. The minimum Gasteiger partial charge on any atom is -0.489 e. The van der Waals surface area contributed by atoms with E-state index in [0.29, 0.717) is 12.5 Å². The molecule has 0 unspecified atom stereocenters. The van der Waals surface area contributed by atoms with Gasteiger partial charge in [-0.15, -0.1) is 0 Å². The van der Waals surface area contributed by atoms with Gasteiger partial charge in [0.05, 0.1) is 0 Å². The zero-order valence-electron chi connectivity index (χ0n) is 12.4. The van der Waals surface area contributed by atoms with Crippen molar-refractivity contribution in [1.82, 2.24) is 0 Å². The molecule has 1 aliphatic rings. The van der Waals surface area contributed by atoms with Crippen LogP contribution in [0.5, 0.6) is 5.75 Å². The molecule has 0 heterocycles. The van der Waals surface area contributed by atoms with Crippen molar-refractivity contribution in [2.45, 2.75) is 38.3 Å². The third-order valence-electron chi connectivity index (χ3n) is 4.42. The third kappa shape index (κ3) is 3.45. The Balaban J connectivity index is 1.73. The van der Waals surface area contributed by atoms with Gasteiger partial charge in [0.1, 0.15) is 12.4 Å². The van der Waals surface area contributed by atoms with Crippen LogP contribution in [0.1, 0.15) is 42.9 Å². The molecule has 0 saturated heterocycles. The van der Waals surface area contributed by atoms with E-state index in [-0.39, 0.29) is 6.04 Å². The van der Waals surface area contributed by atoms with Gasteiger partial charge in [0.2, 0.25) is 0 Å². The lowest BCUT2D eigenvalue weighted by atomic mass is 9.92. The van der Waals surface area contributed by atoms with Gasteiger partial charge < -0.3 is 10.5 Å². The second-order valence-electron chi connectivity index (χ2n) is 5.88. The van der Waals surface area contributed by atoms with Crippen molar-refractivity contribution in [3.63, 3.8) is 0 Å². The van der Waals surface area contributed by atoms with E-state index < -0.39 is 0 Å². The summed E-state index contributed by atoms with van der Waals surface area (Å²) in [6.45, 7) is 0.592. The fraction of sp³-hybridized carbons (Fsp3) is 0.368. The summed E-state index contributed by atoms with van der Waals surface area (Å²) in [5.41, 5.74) is 8.83. The molecule has 1 fully saturated rings. The standard InChI is InChI=1S/C19H23NO/c20-19(16-10-4-5-11-16)17-12-6-7-13-18(17)21-14-15-8-2-1-3-9-15/h1-3,6-9,12-13,16,19H,4-5,10-11,14,20H2/t19-/m0/s1. The van der Waals surface area contributed by atoms with Gasteiger partial charge in [0, 0.05) is 11.6 Å². The topological polar surface area (TPSA) is 35.2 Å². The molecule has 3 rings (SSSR count). The van der Waals surface area contributed by atoms with E-state index >= 15 is 0 Å². The van der Waals surface area contributed by atoms with Crippen molar-refractivity contribution in [3.8, 4) is 5.75 Å². The molecule has 2 heteroatoms. The summed E-state index contributed by atoms with van der Waals surface area (Å²) in [6.07, 6.45) is 5.11. The van der Waals surface area contributed by atoms with Gasteiger partial charge in [-0.25, -0.2) is 0 Å². The zero-order valence-corrected chi connectivity index (χ0v) is 12.4. The highest BCUT2D eigenvalue weighted by molar-refractivity contribution is 5.36. The molecule has 0 aliphatic heterocycles. The average Bonchev–Trinajstić information content (AvgIpc) is 3.08. The van der Waals surface area contributed by atoms with Crippen molar-refractivity contribution < 1.29 is 4.74 Å². The number of ether oxygens (including phenoxy) is 1. The smallest absolute Gasteiger partial charge is 0.124 e. The predicted molar refractivity (Wildman–Crippen MR) is 86.1 cm³/mol. The van der Waals surface area contributed by atoms with Gasteiger partial charge in [-0.3, -0.25) is 0 Å². The van der Waals surface area contributed by atoms with Gasteiger partial charge in [-0.1, -0.05) is 61.4 Å². The lowest BCUT2D eigenvalue weighted by Crippen LogP contribution is -2.20. The number of para-hydroxylation sites is 1. The molecular formula is C19H23NO. The second-order valence-corrected chi connectivity index (χ2v) is 5.88. The number of benzene rings is 2. The van der Waals surface area contributed by atoms with Gasteiger partial charge in [-0.2, -0.15) is 0 Å². The van der Waals surface area contributed by atoms with E-state index in [1.165, 1.54) is 31.2 Å². The molecule has 2 aromatic carbocycles. The Morgan fingerprint density at radius 2 is 1.62 bits per heavy atom. The molecule has 0 bridgehead atoms. The first kappa shape index (κ1) is 14.2. The first-order valence-corrected chi connectivity index (χ1v) is 7.86. The maximum atomic E-state index is 6.49. The van der Waals surface area contributed by atoms with Crippen molar-refractivity contribution in [2.75, 3.05) is 0 Å². The number of rotatable bonds is 5. The second kappa shape index (κ2) is 6.77. The van der Waals surface area contributed by atoms with Crippen LogP contribution in [-0.4, -0.2) is 0 Å². The Labute approximate surface area is 126 Å². The molecule has 1 atom stereocenters. The third-order valence-corrected chi connectivity index (χ3v) is 4.42. The summed E-state index contributed by atoms with van der Waals surface area (Å²) in [6, 6.07) is 18.6. The molecule has 0 radical (unpaired) electrons. The van der Waals surface area contributed by atoms with Crippen LogP contribution in [0.3, 0.4) is 0 Å². The summed E-state index contributed by atoms with van der Waals surface area (Å²) in [7, 11) is 0. The molecule has 1 saturated carbocycles. The van der Waals surface area contributed by atoms with Crippen molar-refractivity contribution in [2.24, 2.45) is 11.7 Å². The van der Waals surface area contributed by atoms with E-state index in [2.05, 4.69) is 24.3 Å². The van der Waals surface area contributed by atoms with Crippen LogP contribution in [0, 0.1) is 5.92 Å². The Morgan fingerprint density at radius 3 is 2.38 bits per heavy atom. The largest absolute Gasteiger partial charge is 0.489 e. The summed E-state index contributed by atoms with van der Waals surface area (Å²) >= 11 is 0. The van der Waals surface area contributed by atoms with Crippen LogP contribution in [0.4, 0.5) is 0 Å². The summed E-state index contributed by atoms with van der Waals surface area (Å²) in [5, 5.41) is 0. The van der Waals surface area contributed by atoms with Crippen LogP contribution in [-0.2, 0) is 6.61 Å². The van der Waals surface area contributed by atoms with Crippen LogP contribution in [0.2, 0.25) is 0 Å². The van der Waals surface area contributed by atoms with Crippen LogP contribution >= 0.6 is 0 Å². The SMILES string of the molecule is N[C@H](c1ccccc1OCc1ccccc1)C1CCCC1. The zero-order chi connectivity index (χ0) is 14.5. The van der Waals surface area contributed by atoms with E-state index in [4.69, 9.17) is 10.5 Å². The fourth-order valence-electron chi connectivity index (χ4n) is 3.19. The average molecular weight is 281 g/mol. The summed E-state index contributed by atoms with van der Waals surface area (Å²) in [5.74, 6) is 1.53. The van der Waals surface area contributed by atoms with Crippen molar-refractivity contribution in [3.05, 3.63) is 65.7 Å². The Kier molecular flexibility index (Phi) is 4.56. The molecular weight excluding hydrogens is 258 g/mol. The van der Waals surface area contributed by atoms with Gasteiger partial charge in [0.25, 0.3) is 0 Å². The number of nitrogens with two attached hydrogens (primary N) is 1. The monoisotopic (exact) mass is 281 g/mol. The van der Waals surface area contributed by atoms with E-state index in [1.807, 2.05) is 30.3 Å². The summed E-state index contributed by atoms with van der Waals surface area (Å²) in [4.78, 5) is 0. The minimum absolute atomic E-state index is 0.0967. The molecule has 2 nitrogen and oxygen atoms in total. The molecule has 110 valence electrons. The molecule has 0 amide bonds. The number of hydrogen-bond acceptors (Lipinski definition) is 2. The van der Waals surface area contributed by atoms with Crippen molar-refractivity contribution in [1.29, 1.82) is 0 Å². The number of hydrogen-bond donors (Lipinski definition) is 1. The first-order valence-electron chi connectivity index (χ1n) is 7.86. The molecule has 0 spiro atoms. The highest BCUT2D eigenvalue weighted by Crippen LogP contribution is 2.37. The Hall–Kier alpha value is -1.80. The highest BCUT2D eigenvalue weighted by Gasteiger charge is 2.25. The molecule has 2 aromatic rings. The van der Waals surface area contributed by atoms with Gasteiger partial charge >= 0.3 is 0 Å². The first-order chi connectivity index (χ1) is 10.3. The van der Waals surface area contributed by atoms with Crippen molar-refractivity contribution >= 4 is 0 Å². The Bertz CT molecular complexity index is 561. The lowest BCUT2D eigenvalue weighted by Gasteiger charge is -2.22. The normalized spacial score (nSPS) is 16.8. The Morgan fingerprint density at radius 1 is 0.952 bits per heavy atom. The molecule has 21 heavy (non-hydrogen) atoms. The van der Waals surface area contributed by atoms with Crippen LogP contribution in [0.15, 0.2) is 54.6 Å². The van der Waals surface area contributed by atoms with E-state index in [9.17, 15) is 0 Å². The van der Waals surface area contributed by atoms with Crippen LogP contribution < -0.4 is 10.5 Å². The molecule has 2 N–H and O–H groups in total. The summed E-state index contributed by atoms with van der Waals surface area (Å²) < 4.78 is 6.02. The highest BCUT2D eigenvalue weighted by atomic mass is 16.5. The van der Waals surface area contributed by atoms with Gasteiger partial charge in [0.15, 0.2) is 0 Å². The maximum Gasteiger partial charge on any atom is 0.124 e. The van der Waals surface area contributed by atoms with E-state index in [0.717, 1.165) is 11.3 Å². The predicted octanol–water partition coefficient (Wildman–Crippen LogP) is 4.46. The quantitative estimate of drug-likeness (QED) is 0.878. The molecule has 1 aliphatic carbocycles. The lowest BCUT2D eigenvalue weighted by molar-refractivity contribution is 0.296. The maximum absolute atomic E-state index is 6.49. The fourth-order valence-corrected chi connectivity index (χ4v) is 3.19. The van der Waals surface area contributed by atoms with Gasteiger partial charge in [-0.05, 0) is 30.4 Å². The minimum atomic E-state index is 0.0967. The van der Waals surface area contributed by atoms with E-state index in [1.54, 1.807) is 0 Å². The van der Waals surface area contributed by atoms with Crippen LogP contribution in [0.25, 0.3) is 0 Å².